The molecule has 0 amide bonds. The third kappa shape index (κ3) is 11.7. The summed E-state index contributed by atoms with van der Waals surface area (Å²) in [6, 6.07) is 0. The van der Waals surface area contributed by atoms with Gasteiger partial charge in [-0.3, -0.25) is 19.2 Å². The van der Waals surface area contributed by atoms with Crippen molar-refractivity contribution in [3.05, 3.63) is 0 Å². The Morgan fingerprint density at radius 1 is 0.762 bits per heavy atom. The molecule has 0 aromatic carbocycles. The van der Waals surface area contributed by atoms with Gasteiger partial charge < -0.3 is 14.2 Å². The first-order chi connectivity index (χ1) is 9.70. The fourth-order valence-electron chi connectivity index (χ4n) is 1.40. The van der Waals surface area contributed by atoms with Crippen molar-refractivity contribution in [1.29, 1.82) is 0 Å². The van der Waals surface area contributed by atoms with Crippen LogP contribution in [0.25, 0.3) is 0 Å². The van der Waals surface area contributed by atoms with Crippen LogP contribution in [0.5, 0.6) is 0 Å². The van der Waals surface area contributed by atoms with Gasteiger partial charge in [0.15, 0.2) is 0 Å². The molecule has 0 aromatic rings. The normalized spacial score (nSPS) is 13.1. The Balaban J connectivity index is 3.86. The van der Waals surface area contributed by atoms with Gasteiger partial charge in [-0.2, -0.15) is 0 Å². The second-order valence-corrected chi connectivity index (χ2v) is 4.88. The highest BCUT2D eigenvalue weighted by molar-refractivity contribution is 5.94. The number of hydrogen-bond donors (Lipinski definition) is 0. The molecule has 0 heterocycles. The number of carbonyl (C=O) groups excluding carboxylic acids is 4. The van der Waals surface area contributed by atoms with E-state index < -0.39 is 24.1 Å². The molecule has 0 aliphatic rings. The van der Waals surface area contributed by atoms with E-state index in [9.17, 15) is 19.2 Å². The standard InChI is InChI=1S/C14H22O7/c1-9(15)5-13(17)19-7-11(3)21-12(4)8-20-14(18)6-10(2)16/h11-12H,5-8H2,1-4H3. The van der Waals surface area contributed by atoms with Crippen molar-refractivity contribution in [2.75, 3.05) is 13.2 Å². The van der Waals surface area contributed by atoms with Gasteiger partial charge in [0.05, 0.1) is 12.2 Å². The van der Waals surface area contributed by atoms with Crippen molar-refractivity contribution in [2.45, 2.75) is 52.7 Å². The molecule has 0 radical (unpaired) electrons. The molecule has 21 heavy (non-hydrogen) atoms. The molecule has 0 saturated heterocycles. The molecular weight excluding hydrogens is 280 g/mol. The van der Waals surface area contributed by atoms with E-state index >= 15 is 0 Å². The maximum atomic E-state index is 11.2. The van der Waals surface area contributed by atoms with Crippen LogP contribution in [0.2, 0.25) is 0 Å². The number of rotatable bonds is 10. The number of carbonyl (C=O) groups is 4. The molecule has 0 aliphatic heterocycles. The number of Topliss-reactive ketones (excluding diaryl/α,β-unsaturated/α-hetero) is 2. The predicted octanol–water partition coefficient (Wildman–Crippen LogP) is 0.825. The van der Waals surface area contributed by atoms with Gasteiger partial charge in [0.1, 0.15) is 37.6 Å². The van der Waals surface area contributed by atoms with E-state index in [0.29, 0.717) is 0 Å². The van der Waals surface area contributed by atoms with Crippen molar-refractivity contribution in [2.24, 2.45) is 0 Å². The molecule has 0 aliphatic carbocycles. The molecule has 0 saturated carbocycles. The summed E-state index contributed by atoms with van der Waals surface area (Å²) in [7, 11) is 0. The van der Waals surface area contributed by atoms with E-state index in [2.05, 4.69) is 0 Å². The Morgan fingerprint density at radius 3 is 1.38 bits per heavy atom. The van der Waals surface area contributed by atoms with E-state index in [1.165, 1.54) is 13.8 Å². The number of ether oxygens (including phenoxy) is 3. The lowest BCUT2D eigenvalue weighted by atomic mass is 10.3. The van der Waals surface area contributed by atoms with Crippen molar-refractivity contribution in [3.63, 3.8) is 0 Å². The monoisotopic (exact) mass is 302 g/mol. The summed E-state index contributed by atoms with van der Waals surface area (Å²) in [5.74, 6) is -1.73. The van der Waals surface area contributed by atoms with E-state index in [4.69, 9.17) is 14.2 Å². The molecule has 0 spiro atoms. The fraction of sp³-hybridized carbons (Fsp3) is 0.714. The first kappa shape index (κ1) is 19.2. The Kier molecular flexibility index (Phi) is 9.20. The molecule has 7 heteroatoms. The lowest BCUT2D eigenvalue weighted by Gasteiger charge is -2.19. The van der Waals surface area contributed by atoms with Gasteiger partial charge in [-0.05, 0) is 27.7 Å². The number of esters is 2. The second-order valence-electron chi connectivity index (χ2n) is 4.88. The highest BCUT2D eigenvalue weighted by Gasteiger charge is 2.14. The summed E-state index contributed by atoms with van der Waals surface area (Å²) in [5.41, 5.74) is 0. The van der Waals surface area contributed by atoms with Crippen LogP contribution in [0.15, 0.2) is 0 Å². The first-order valence-corrected chi connectivity index (χ1v) is 6.66. The Morgan fingerprint density at radius 2 is 1.10 bits per heavy atom. The van der Waals surface area contributed by atoms with Gasteiger partial charge >= 0.3 is 11.9 Å². The van der Waals surface area contributed by atoms with Crippen LogP contribution < -0.4 is 0 Å². The number of hydrogen-bond acceptors (Lipinski definition) is 7. The lowest BCUT2D eigenvalue weighted by molar-refractivity contribution is -0.154. The fourth-order valence-corrected chi connectivity index (χ4v) is 1.40. The van der Waals surface area contributed by atoms with Crippen molar-refractivity contribution < 1.29 is 33.4 Å². The van der Waals surface area contributed by atoms with E-state index in [1.807, 2.05) is 0 Å². The topological polar surface area (TPSA) is 96.0 Å². The minimum atomic E-state index is -0.599. The predicted molar refractivity (Wildman–Crippen MR) is 72.5 cm³/mol. The first-order valence-electron chi connectivity index (χ1n) is 6.66. The van der Waals surface area contributed by atoms with E-state index in [0.717, 1.165) is 0 Å². The van der Waals surface area contributed by atoms with Gasteiger partial charge in [-0.1, -0.05) is 0 Å². The van der Waals surface area contributed by atoms with E-state index in [-0.39, 0.29) is 37.6 Å². The van der Waals surface area contributed by atoms with Crippen LogP contribution in [-0.2, 0) is 33.4 Å². The van der Waals surface area contributed by atoms with Crippen molar-refractivity contribution >= 4 is 23.5 Å². The Labute approximate surface area is 123 Å². The van der Waals surface area contributed by atoms with Crippen LogP contribution in [0.3, 0.4) is 0 Å². The molecule has 0 aromatic heterocycles. The summed E-state index contributed by atoms with van der Waals surface area (Å²) >= 11 is 0. The van der Waals surface area contributed by atoms with Gasteiger partial charge in [0.25, 0.3) is 0 Å². The Hall–Kier alpha value is -1.76. The quantitative estimate of drug-likeness (QED) is 0.435. The van der Waals surface area contributed by atoms with E-state index in [1.54, 1.807) is 13.8 Å². The van der Waals surface area contributed by atoms with Gasteiger partial charge in [0, 0.05) is 0 Å². The summed E-state index contributed by atoms with van der Waals surface area (Å²) < 4.78 is 15.1. The minimum Gasteiger partial charge on any atom is -0.463 e. The third-order valence-corrected chi connectivity index (χ3v) is 2.21. The SMILES string of the molecule is CC(=O)CC(=O)OCC(C)OC(C)COC(=O)CC(C)=O. The Bertz CT molecular complexity index is 353. The zero-order valence-electron chi connectivity index (χ0n) is 12.8. The van der Waals surface area contributed by atoms with Crippen molar-refractivity contribution in [1.82, 2.24) is 0 Å². The van der Waals surface area contributed by atoms with Crippen LogP contribution >= 0.6 is 0 Å². The maximum absolute atomic E-state index is 11.2. The minimum absolute atomic E-state index is 0.0118. The molecule has 0 bridgehead atoms. The summed E-state index contributed by atoms with van der Waals surface area (Å²) in [4.78, 5) is 43.7. The number of ketones is 2. The zero-order chi connectivity index (χ0) is 16.4. The second kappa shape index (κ2) is 10.0. The lowest BCUT2D eigenvalue weighted by Crippen LogP contribution is -2.27. The highest BCUT2D eigenvalue weighted by atomic mass is 16.6. The molecule has 0 fully saturated rings. The third-order valence-electron chi connectivity index (χ3n) is 2.21. The van der Waals surface area contributed by atoms with Gasteiger partial charge in [0.2, 0.25) is 0 Å². The maximum Gasteiger partial charge on any atom is 0.313 e. The van der Waals surface area contributed by atoms with Crippen molar-refractivity contribution in [3.8, 4) is 0 Å². The average molecular weight is 302 g/mol. The highest BCUT2D eigenvalue weighted by Crippen LogP contribution is 2.02. The summed E-state index contributed by atoms with van der Waals surface area (Å²) in [6.45, 7) is 6.01. The average Bonchev–Trinajstić information content (AvgIpc) is 2.32. The molecule has 2 atom stereocenters. The molecular formula is C14H22O7. The van der Waals surface area contributed by atoms with Crippen LogP contribution in [0.1, 0.15) is 40.5 Å². The smallest absolute Gasteiger partial charge is 0.313 e. The zero-order valence-corrected chi connectivity index (χ0v) is 12.8. The molecule has 7 nitrogen and oxygen atoms in total. The molecule has 0 N–H and O–H groups in total. The molecule has 0 rings (SSSR count). The van der Waals surface area contributed by atoms with Gasteiger partial charge in [-0.15, -0.1) is 0 Å². The molecule has 120 valence electrons. The summed E-state index contributed by atoms with van der Waals surface area (Å²) in [5, 5.41) is 0. The van der Waals surface area contributed by atoms with Crippen LogP contribution in [0, 0.1) is 0 Å². The van der Waals surface area contributed by atoms with Gasteiger partial charge in [-0.25, -0.2) is 0 Å². The summed E-state index contributed by atoms with van der Waals surface area (Å²) in [6.07, 6.45) is -1.32. The van der Waals surface area contributed by atoms with Crippen LogP contribution in [-0.4, -0.2) is 48.9 Å². The largest absolute Gasteiger partial charge is 0.463 e. The molecule has 2 unspecified atom stereocenters. The van der Waals surface area contributed by atoms with Crippen LogP contribution in [0.4, 0.5) is 0 Å².